The second-order valence-corrected chi connectivity index (χ2v) is 9.50. The van der Waals surface area contributed by atoms with Gasteiger partial charge in [-0.3, -0.25) is 4.79 Å². The molecule has 0 aromatic heterocycles. The lowest BCUT2D eigenvalue weighted by Gasteiger charge is -2.23. The van der Waals surface area contributed by atoms with E-state index in [0.29, 0.717) is 21.7 Å². The molecule has 32 heavy (non-hydrogen) atoms. The highest BCUT2D eigenvalue weighted by molar-refractivity contribution is 7.93. The lowest BCUT2D eigenvalue weighted by molar-refractivity contribution is -0.119. The Balaban J connectivity index is 1.93. The second-order valence-electron chi connectivity index (χ2n) is 7.31. The van der Waals surface area contributed by atoms with E-state index in [1.807, 2.05) is 12.1 Å². The fourth-order valence-electron chi connectivity index (χ4n) is 3.05. The normalized spacial score (nSPS) is 11.3. The van der Waals surface area contributed by atoms with E-state index in [9.17, 15) is 13.2 Å². The van der Waals surface area contributed by atoms with Gasteiger partial charge >= 0.3 is 0 Å². The minimum absolute atomic E-state index is 0.0263. The zero-order chi connectivity index (χ0) is 23.3. The van der Waals surface area contributed by atoms with E-state index >= 15 is 0 Å². The number of rotatable bonds is 8. The average molecular weight is 474 g/mol. The monoisotopic (exact) mass is 473 g/mol. The Morgan fingerprint density at radius 1 is 1.00 bits per heavy atom. The number of halogens is 1. The highest BCUT2D eigenvalue weighted by Gasteiger charge is 2.31. The molecule has 3 aromatic rings. The molecule has 0 N–H and O–H groups in total. The van der Waals surface area contributed by atoms with Gasteiger partial charge in [-0.1, -0.05) is 55.8 Å². The molecule has 0 spiro atoms. The maximum Gasteiger partial charge on any atom is 0.278 e. The maximum atomic E-state index is 13.3. The Morgan fingerprint density at radius 2 is 1.66 bits per heavy atom. The minimum Gasteiger partial charge on any atom is -0.495 e. The number of nitrogens with zero attached hydrogens (tertiary/aromatic N) is 1. The first-order valence-corrected chi connectivity index (χ1v) is 11.8. The molecule has 0 saturated heterocycles. The van der Waals surface area contributed by atoms with Crippen LogP contribution in [0.15, 0.2) is 77.7 Å². The summed E-state index contributed by atoms with van der Waals surface area (Å²) in [6.07, 6.45) is 0. The summed E-state index contributed by atoms with van der Waals surface area (Å²) >= 11 is 6.20. The van der Waals surface area contributed by atoms with Crippen LogP contribution in [0.3, 0.4) is 0 Å². The Labute approximate surface area is 193 Å². The summed E-state index contributed by atoms with van der Waals surface area (Å²) in [7, 11) is -2.76. The molecule has 8 heteroatoms. The van der Waals surface area contributed by atoms with Gasteiger partial charge in [0, 0.05) is 0 Å². The van der Waals surface area contributed by atoms with E-state index in [1.165, 1.54) is 37.4 Å². The third-order valence-electron chi connectivity index (χ3n) is 4.79. The zero-order valence-corrected chi connectivity index (χ0v) is 19.6. The van der Waals surface area contributed by atoms with Gasteiger partial charge in [0.2, 0.25) is 0 Å². The lowest BCUT2D eigenvalue weighted by atomic mass is 10.0. The first kappa shape index (κ1) is 23.6. The molecule has 0 aliphatic rings. The number of amides is 1. The summed E-state index contributed by atoms with van der Waals surface area (Å²) in [6, 6.07) is 19.4. The van der Waals surface area contributed by atoms with Crippen LogP contribution in [-0.4, -0.2) is 28.0 Å². The van der Waals surface area contributed by atoms with E-state index in [2.05, 4.69) is 13.8 Å². The Morgan fingerprint density at radius 3 is 2.22 bits per heavy atom. The number of ether oxygens (including phenoxy) is 2. The first-order chi connectivity index (χ1) is 15.2. The second kappa shape index (κ2) is 10.1. The van der Waals surface area contributed by atoms with Crippen molar-refractivity contribution in [1.29, 1.82) is 0 Å². The maximum absolute atomic E-state index is 13.3. The molecule has 0 fully saturated rings. The molecule has 0 unspecified atom stereocenters. The van der Waals surface area contributed by atoms with Gasteiger partial charge in [0.05, 0.1) is 22.7 Å². The largest absolute Gasteiger partial charge is 0.495 e. The van der Waals surface area contributed by atoms with Gasteiger partial charge in [0.25, 0.3) is 15.9 Å². The summed E-state index contributed by atoms with van der Waals surface area (Å²) in [4.78, 5) is 13.1. The predicted molar refractivity (Wildman–Crippen MR) is 125 cm³/mol. The van der Waals surface area contributed by atoms with Crippen LogP contribution in [0.5, 0.6) is 11.5 Å². The number of hydrogen-bond donors (Lipinski definition) is 0. The molecule has 0 aliphatic heterocycles. The summed E-state index contributed by atoms with van der Waals surface area (Å²) in [5.41, 5.74) is 1.22. The zero-order valence-electron chi connectivity index (χ0n) is 18.0. The standard InChI is InChI=1S/C24H24ClNO5S/c1-17(2)18-9-12-20(13-10-18)31-16-24(27)26(19-11-14-23(30-3)22(25)15-19)32(28,29)21-7-5-4-6-8-21/h4-15,17H,16H2,1-3H3. The van der Waals surface area contributed by atoms with E-state index in [0.717, 1.165) is 5.56 Å². The minimum atomic E-state index is -4.21. The van der Waals surface area contributed by atoms with Crippen LogP contribution < -0.4 is 13.8 Å². The van der Waals surface area contributed by atoms with Gasteiger partial charge in [-0.05, 0) is 53.9 Å². The number of carbonyl (C=O) groups is 1. The van der Waals surface area contributed by atoms with Crippen molar-refractivity contribution in [1.82, 2.24) is 0 Å². The first-order valence-electron chi connectivity index (χ1n) is 9.93. The fraction of sp³-hybridized carbons (Fsp3) is 0.208. The summed E-state index contributed by atoms with van der Waals surface area (Å²) in [5, 5.41) is 0.177. The smallest absolute Gasteiger partial charge is 0.278 e. The molecule has 0 radical (unpaired) electrons. The molecular weight excluding hydrogens is 450 g/mol. The summed E-state index contributed by atoms with van der Waals surface area (Å²) in [5.74, 6) is 0.425. The lowest BCUT2D eigenvalue weighted by Crippen LogP contribution is -2.40. The third kappa shape index (κ3) is 5.23. The molecule has 0 bridgehead atoms. The van der Waals surface area contributed by atoms with Crippen molar-refractivity contribution in [2.45, 2.75) is 24.7 Å². The topological polar surface area (TPSA) is 72.9 Å². The van der Waals surface area contributed by atoms with Crippen LogP contribution in [0.2, 0.25) is 5.02 Å². The van der Waals surface area contributed by atoms with Crippen LogP contribution in [0.25, 0.3) is 0 Å². The molecular formula is C24H24ClNO5S. The van der Waals surface area contributed by atoms with Crippen LogP contribution in [0.1, 0.15) is 25.3 Å². The molecule has 0 heterocycles. The molecule has 0 aliphatic carbocycles. The van der Waals surface area contributed by atoms with Gasteiger partial charge in [0.15, 0.2) is 6.61 Å². The van der Waals surface area contributed by atoms with Crippen molar-refractivity contribution >= 4 is 33.2 Å². The van der Waals surface area contributed by atoms with Gasteiger partial charge in [-0.15, -0.1) is 0 Å². The number of methoxy groups -OCH3 is 1. The molecule has 0 atom stereocenters. The Bertz CT molecular complexity index is 1180. The van der Waals surface area contributed by atoms with Crippen LogP contribution in [-0.2, 0) is 14.8 Å². The van der Waals surface area contributed by atoms with Crippen molar-refractivity contribution in [3.8, 4) is 11.5 Å². The van der Waals surface area contributed by atoms with Crippen LogP contribution in [0, 0.1) is 0 Å². The van der Waals surface area contributed by atoms with Gasteiger partial charge in [-0.2, -0.15) is 4.31 Å². The van der Waals surface area contributed by atoms with Gasteiger partial charge in [-0.25, -0.2) is 8.42 Å². The highest BCUT2D eigenvalue weighted by atomic mass is 35.5. The number of sulfonamides is 1. The van der Waals surface area contributed by atoms with E-state index in [1.54, 1.807) is 30.3 Å². The number of carbonyl (C=O) groups excluding carboxylic acids is 1. The molecule has 3 rings (SSSR count). The Kier molecular flexibility index (Phi) is 7.43. The van der Waals surface area contributed by atoms with E-state index < -0.39 is 22.5 Å². The van der Waals surface area contributed by atoms with Crippen molar-refractivity contribution < 1.29 is 22.7 Å². The molecule has 6 nitrogen and oxygen atoms in total. The highest BCUT2D eigenvalue weighted by Crippen LogP contribution is 2.32. The summed E-state index contributed by atoms with van der Waals surface area (Å²) in [6.45, 7) is 3.67. The fourth-order valence-corrected chi connectivity index (χ4v) is 4.72. The quantitative estimate of drug-likeness (QED) is 0.445. The summed E-state index contributed by atoms with van der Waals surface area (Å²) < 4.78 is 38.1. The molecule has 1 amide bonds. The Hall–Kier alpha value is -3.03. The van der Waals surface area contributed by atoms with Gasteiger partial charge in [0.1, 0.15) is 11.5 Å². The molecule has 168 valence electrons. The molecule has 0 saturated carbocycles. The SMILES string of the molecule is COc1ccc(N(C(=O)COc2ccc(C(C)C)cc2)S(=O)(=O)c2ccccc2)cc1Cl. The van der Waals surface area contributed by atoms with Crippen molar-refractivity contribution in [2.24, 2.45) is 0 Å². The van der Waals surface area contributed by atoms with E-state index in [4.69, 9.17) is 21.1 Å². The average Bonchev–Trinajstić information content (AvgIpc) is 2.78. The molecule has 3 aromatic carbocycles. The van der Waals surface area contributed by atoms with Crippen molar-refractivity contribution in [3.05, 3.63) is 83.4 Å². The van der Waals surface area contributed by atoms with Crippen LogP contribution in [0.4, 0.5) is 5.69 Å². The third-order valence-corrected chi connectivity index (χ3v) is 6.85. The predicted octanol–water partition coefficient (Wildman–Crippen LogP) is 5.27. The van der Waals surface area contributed by atoms with Crippen molar-refractivity contribution in [2.75, 3.05) is 18.0 Å². The van der Waals surface area contributed by atoms with Crippen LogP contribution >= 0.6 is 11.6 Å². The number of hydrogen-bond acceptors (Lipinski definition) is 5. The number of anilines is 1. The number of benzene rings is 3. The van der Waals surface area contributed by atoms with E-state index in [-0.39, 0.29) is 15.6 Å². The van der Waals surface area contributed by atoms with Gasteiger partial charge < -0.3 is 9.47 Å². The van der Waals surface area contributed by atoms with Crippen molar-refractivity contribution in [3.63, 3.8) is 0 Å².